The average Bonchev–Trinajstić information content (AvgIpc) is 2.65. The van der Waals surface area contributed by atoms with Crippen molar-refractivity contribution in [1.82, 2.24) is 0 Å². The number of rotatable bonds is 8. The second-order valence-electron chi connectivity index (χ2n) is 8.11. The van der Waals surface area contributed by atoms with Crippen LogP contribution in [0.1, 0.15) is 41.0 Å². The number of aldehydes is 1. The summed E-state index contributed by atoms with van der Waals surface area (Å²) in [5.74, 6) is 0.168. The Hall–Kier alpha value is -1.97. The Morgan fingerprint density at radius 3 is 1.81 bits per heavy atom. The first-order chi connectivity index (χ1) is 12.9. The molecule has 0 radical (unpaired) electrons. The van der Waals surface area contributed by atoms with E-state index >= 15 is 0 Å². The number of hydrogen-bond acceptors (Lipinski definition) is 2. The smallest absolute Gasteiger partial charge is 0.261 e. The zero-order valence-corrected chi connectivity index (χ0v) is 18.2. The molecule has 0 aliphatic heterocycles. The molecule has 0 bridgehead atoms. The van der Waals surface area contributed by atoms with Gasteiger partial charge in [-0.25, -0.2) is 0 Å². The molecule has 0 aliphatic carbocycles. The fourth-order valence-electron chi connectivity index (χ4n) is 3.81. The molecule has 3 heteroatoms. The normalized spacial score (nSPS) is 14.9. The lowest BCUT2D eigenvalue weighted by Crippen LogP contribution is -2.68. The van der Waals surface area contributed by atoms with Crippen LogP contribution in [0.4, 0.5) is 0 Å². The molecule has 0 fully saturated rings. The van der Waals surface area contributed by atoms with Crippen molar-refractivity contribution in [2.75, 3.05) is 0 Å². The Morgan fingerprint density at radius 2 is 1.44 bits per heavy atom. The van der Waals surface area contributed by atoms with Crippen LogP contribution in [0.3, 0.4) is 0 Å². The molecule has 2 atom stereocenters. The van der Waals surface area contributed by atoms with Gasteiger partial charge in [0, 0.05) is 6.42 Å². The van der Waals surface area contributed by atoms with Gasteiger partial charge in [-0.05, 0) is 28.3 Å². The topological polar surface area (TPSA) is 26.3 Å². The molecular formula is C24H32O2Si. The van der Waals surface area contributed by atoms with E-state index < -0.39 is 8.32 Å². The van der Waals surface area contributed by atoms with E-state index in [-0.39, 0.29) is 17.1 Å². The van der Waals surface area contributed by atoms with Crippen LogP contribution in [0.2, 0.25) is 5.04 Å². The summed E-state index contributed by atoms with van der Waals surface area (Å²) in [5, 5.41) is 2.39. The van der Waals surface area contributed by atoms with Gasteiger partial charge in [-0.2, -0.15) is 0 Å². The first-order valence-corrected chi connectivity index (χ1v) is 11.6. The lowest BCUT2D eigenvalue weighted by Gasteiger charge is -2.45. The van der Waals surface area contributed by atoms with Crippen molar-refractivity contribution in [2.45, 2.75) is 52.2 Å². The zero-order valence-electron chi connectivity index (χ0n) is 17.2. The van der Waals surface area contributed by atoms with Crippen molar-refractivity contribution in [3.05, 3.63) is 72.8 Å². The monoisotopic (exact) mass is 380 g/mol. The first kappa shape index (κ1) is 21.3. The molecule has 0 saturated heterocycles. The van der Waals surface area contributed by atoms with E-state index in [1.54, 1.807) is 0 Å². The van der Waals surface area contributed by atoms with Gasteiger partial charge in [-0.1, -0.05) is 101 Å². The molecule has 0 saturated carbocycles. The summed E-state index contributed by atoms with van der Waals surface area (Å²) in [7, 11) is -2.63. The van der Waals surface area contributed by atoms with Gasteiger partial charge < -0.3 is 9.22 Å². The summed E-state index contributed by atoms with van der Waals surface area (Å²) < 4.78 is 7.09. The highest BCUT2D eigenvalue weighted by Gasteiger charge is 2.51. The fourth-order valence-corrected chi connectivity index (χ4v) is 8.59. The van der Waals surface area contributed by atoms with Gasteiger partial charge in [0.05, 0.1) is 6.10 Å². The van der Waals surface area contributed by atoms with Crippen LogP contribution in [-0.2, 0) is 9.22 Å². The molecule has 0 unspecified atom stereocenters. The average molecular weight is 381 g/mol. The second kappa shape index (κ2) is 9.29. The summed E-state index contributed by atoms with van der Waals surface area (Å²) in [6.07, 6.45) is 5.41. The van der Waals surface area contributed by atoms with Crippen LogP contribution in [0.5, 0.6) is 0 Å². The Kier molecular flexibility index (Phi) is 7.34. The van der Waals surface area contributed by atoms with Crippen molar-refractivity contribution >= 4 is 25.0 Å². The molecule has 2 aromatic carbocycles. The van der Waals surface area contributed by atoms with Crippen molar-refractivity contribution in [3.8, 4) is 0 Å². The molecule has 0 spiro atoms. The van der Waals surface area contributed by atoms with Gasteiger partial charge in [-0.15, -0.1) is 0 Å². The predicted octanol–water partition coefficient (Wildman–Crippen LogP) is 4.73. The molecule has 2 rings (SSSR count). The van der Waals surface area contributed by atoms with Crippen LogP contribution >= 0.6 is 0 Å². The molecule has 2 aromatic rings. The molecule has 0 aromatic heterocycles. The number of allylic oxidation sites excluding steroid dienone is 1. The van der Waals surface area contributed by atoms with E-state index in [1.165, 1.54) is 10.4 Å². The highest BCUT2D eigenvalue weighted by Crippen LogP contribution is 2.38. The summed E-state index contributed by atoms with van der Waals surface area (Å²) >= 11 is 0. The van der Waals surface area contributed by atoms with E-state index in [0.29, 0.717) is 6.42 Å². The van der Waals surface area contributed by atoms with E-state index in [9.17, 15) is 4.79 Å². The molecule has 27 heavy (non-hydrogen) atoms. The highest BCUT2D eigenvalue weighted by molar-refractivity contribution is 6.99. The Balaban J connectivity index is 2.69. The molecule has 0 amide bonds. The van der Waals surface area contributed by atoms with Gasteiger partial charge in [0.25, 0.3) is 8.32 Å². The molecule has 0 aliphatic rings. The number of carbonyl (C=O) groups is 1. The minimum Gasteiger partial charge on any atom is -0.403 e. The molecular weight excluding hydrogens is 348 g/mol. The Morgan fingerprint density at radius 1 is 0.963 bits per heavy atom. The van der Waals surface area contributed by atoms with E-state index in [1.807, 2.05) is 25.1 Å². The molecule has 144 valence electrons. The van der Waals surface area contributed by atoms with Crippen molar-refractivity contribution in [3.63, 3.8) is 0 Å². The number of benzene rings is 2. The van der Waals surface area contributed by atoms with Crippen LogP contribution in [-0.4, -0.2) is 20.7 Å². The van der Waals surface area contributed by atoms with E-state index in [0.717, 1.165) is 6.29 Å². The maximum Gasteiger partial charge on any atom is 0.261 e. The Labute approximate surface area is 165 Å². The predicted molar refractivity (Wildman–Crippen MR) is 117 cm³/mol. The highest BCUT2D eigenvalue weighted by atomic mass is 28.4. The molecule has 2 nitrogen and oxygen atoms in total. The second-order valence-corrected chi connectivity index (χ2v) is 12.4. The lowest BCUT2D eigenvalue weighted by molar-refractivity contribution is -0.109. The summed E-state index contributed by atoms with van der Waals surface area (Å²) in [6, 6.07) is 21.2. The summed E-state index contributed by atoms with van der Waals surface area (Å²) in [4.78, 5) is 11.4. The van der Waals surface area contributed by atoms with Crippen molar-refractivity contribution in [2.24, 2.45) is 5.92 Å². The quantitative estimate of drug-likeness (QED) is 0.376. The molecule has 0 N–H and O–H groups in total. The summed E-state index contributed by atoms with van der Waals surface area (Å²) in [6.45, 7) is 10.9. The SMILES string of the molecule is C/C=C/[C@@H](C)[C@H](CC=O)O[Si](c1ccccc1)(c1ccccc1)C(C)(C)C. The first-order valence-electron chi connectivity index (χ1n) is 9.72. The van der Waals surface area contributed by atoms with Gasteiger partial charge in [0.15, 0.2) is 0 Å². The minimum absolute atomic E-state index is 0.0908. The third-order valence-electron chi connectivity index (χ3n) is 5.16. The minimum atomic E-state index is -2.63. The van der Waals surface area contributed by atoms with Gasteiger partial charge in [0.2, 0.25) is 0 Å². The van der Waals surface area contributed by atoms with Gasteiger partial charge in [-0.3, -0.25) is 0 Å². The van der Waals surface area contributed by atoms with E-state index in [4.69, 9.17) is 4.43 Å². The Bertz CT molecular complexity index is 692. The maximum atomic E-state index is 11.4. The van der Waals surface area contributed by atoms with Crippen LogP contribution in [0.15, 0.2) is 72.8 Å². The fraction of sp³-hybridized carbons (Fsp3) is 0.375. The standard InChI is InChI=1S/C24H32O2Si/c1-6-13-20(2)23(18-19-25)26-27(24(3,4)5,21-14-9-7-10-15-21)22-16-11-8-12-17-22/h6-17,19-20,23H,18H2,1-5H3/b13-6+/t20-,23+/m1/s1. The molecule has 0 heterocycles. The maximum absolute atomic E-state index is 11.4. The zero-order chi connectivity index (χ0) is 19.9. The third-order valence-corrected chi connectivity index (χ3v) is 10.2. The number of carbonyl (C=O) groups excluding carboxylic acids is 1. The van der Waals surface area contributed by atoms with Crippen LogP contribution in [0, 0.1) is 5.92 Å². The largest absolute Gasteiger partial charge is 0.403 e. The van der Waals surface area contributed by atoms with Gasteiger partial charge >= 0.3 is 0 Å². The van der Waals surface area contributed by atoms with Crippen molar-refractivity contribution in [1.29, 1.82) is 0 Å². The van der Waals surface area contributed by atoms with Crippen LogP contribution < -0.4 is 10.4 Å². The van der Waals surface area contributed by atoms with Crippen molar-refractivity contribution < 1.29 is 9.22 Å². The van der Waals surface area contributed by atoms with E-state index in [2.05, 4.69) is 82.3 Å². The lowest BCUT2D eigenvalue weighted by atomic mass is 10.0. The number of hydrogen-bond donors (Lipinski definition) is 0. The van der Waals surface area contributed by atoms with Crippen LogP contribution in [0.25, 0.3) is 0 Å². The third kappa shape index (κ3) is 4.66. The van der Waals surface area contributed by atoms with Gasteiger partial charge in [0.1, 0.15) is 6.29 Å². The summed E-state index contributed by atoms with van der Waals surface area (Å²) in [5.41, 5.74) is 0.